The topological polar surface area (TPSA) is 190 Å². The Kier molecular flexibility index (Phi) is 9.52. The lowest BCUT2D eigenvalue weighted by molar-refractivity contribution is -0.141. The summed E-state index contributed by atoms with van der Waals surface area (Å²) in [5.41, 5.74) is 1.32. The summed E-state index contributed by atoms with van der Waals surface area (Å²) in [6.07, 6.45) is 7.24. The molecule has 51 heavy (non-hydrogen) atoms. The lowest BCUT2D eigenvalue weighted by Crippen LogP contribution is -2.58. The van der Waals surface area contributed by atoms with Crippen molar-refractivity contribution in [2.45, 2.75) is 93.7 Å². The predicted molar refractivity (Wildman–Crippen MR) is 183 cm³/mol. The van der Waals surface area contributed by atoms with Gasteiger partial charge in [-0.15, -0.1) is 11.3 Å². The summed E-state index contributed by atoms with van der Waals surface area (Å²) < 4.78 is 48.0. The van der Waals surface area contributed by atoms with Gasteiger partial charge in [-0.05, 0) is 57.6 Å². The molecule has 0 radical (unpaired) electrons. The van der Waals surface area contributed by atoms with Crippen LogP contribution < -0.4 is 20.1 Å². The van der Waals surface area contributed by atoms with E-state index in [2.05, 4.69) is 30.3 Å². The number of benzene rings is 1. The maximum Gasteiger partial charge on any atom is 0.271 e. The van der Waals surface area contributed by atoms with E-state index in [0.29, 0.717) is 43.3 Å². The van der Waals surface area contributed by atoms with E-state index < -0.39 is 74.4 Å². The van der Waals surface area contributed by atoms with Gasteiger partial charge in [0, 0.05) is 23.8 Å². The molecule has 3 fully saturated rings. The van der Waals surface area contributed by atoms with Crippen molar-refractivity contribution in [3.05, 3.63) is 58.4 Å². The highest BCUT2D eigenvalue weighted by molar-refractivity contribution is 7.91. The smallest absolute Gasteiger partial charge is 0.271 e. The molecule has 4 amide bonds. The van der Waals surface area contributed by atoms with Crippen LogP contribution >= 0.6 is 11.3 Å². The minimum absolute atomic E-state index is 0.00872. The van der Waals surface area contributed by atoms with Crippen molar-refractivity contribution >= 4 is 56.0 Å². The van der Waals surface area contributed by atoms with Gasteiger partial charge in [-0.3, -0.25) is 23.9 Å². The highest BCUT2D eigenvalue weighted by Crippen LogP contribution is 2.46. The minimum atomic E-state index is -3.90. The SMILES string of the molecule is Cc1nc2ccc(F)cc2nc1O[C@@H]1C[C@H]2C(=O)N[C@]3(C(=O)NS(=O)(=O)C4CC4)CC3/C=C\CCCCC[C@H](NC(=O)c3cscn3)C(=O)N2C1. The molecule has 14 nitrogen and oxygen atoms in total. The molecular weight excluding hydrogens is 702 g/mol. The first-order valence-corrected chi connectivity index (χ1v) is 19.6. The highest BCUT2D eigenvalue weighted by Gasteiger charge is 2.62. The summed E-state index contributed by atoms with van der Waals surface area (Å²) in [5.74, 6) is -3.34. The maximum atomic E-state index is 14.4. The molecule has 0 spiro atoms. The van der Waals surface area contributed by atoms with Gasteiger partial charge in [-0.25, -0.2) is 27.8 Å². The van der Waals surface area contributed by atoms with Crippen molar-refractivity contribution in [1.29, 1.82) is 0 Å². The van der Waals surface area contributed by atoms with Crippen LogP contribution in [0.4, 0.5) is 4.39 Å². The molecule has 2 aromatic heterocycles. The first-order valence-electron chi connectivity index (χ1n) is 17.1. The van der Waals surface area contributed by atoms with Crippen LogP contribution in [0.3, 0.4) is 0 Å². The summed E-state index contributed by atoms with van der Waals surface area (Å²) in [6.45, 7) is 1.61. The van der Waals surface area contributed by atoms with Crippen molar-refractivity contribution in [3.63, 3.8) is 0 Å². The molecular formula is C34H38FN7O7S2. The van der Waals surface area contributed by atoms with Gasteiger partial charge in [0.05, 0.1) is 28.3 Å². The predicted octanol–water partition coefficient (Wildman–Crippen LogP) is 2.68. The second-order valence-corrected chi connectivity index (χ2v) is 16.3. The number of sulfonamides is 1. The molecule has 5 atom stereocenters. The largest absolute Gasteiger partial charge is 0.471 e. The third-order valence-corrected chi connectivity index (χ3v) is 12.3. The zero-order valence-corrected chi connectivity index (χ0v) is 29.5. The number of rotatable bonds is 7. The Bertz CT molecular complexity index is 2010. The number of ether oxygens (including phenoxy) is 1. The van der Waals surface area contributed by atoms with E-state index in [4.69, 9.17) is 4.74 Å². The number of allylic oxidation sites excluding steroid dienone is 1. The molecule has 3 N–H and O–H groups in total. The number of thiazole rings is 1. The molecule has 1 aromatic carbocycles. The summed E-state index contributed by atoms with van der Waals surface area (Å²) in [5, 5.41) is 6.58. The number of carbonyl (C=O) groups excluding carboxylic acids is 4. The van der Waals surface area contributed by atoms with Crippen LogP contribution in [0.1, 0.15) is 74.0 Å². The van der Waals surface area contributed by atoms with Gasteiger partial charge in [0.2, 0.25) is 27.7 Å². The van der Waals surface area contributed by atoms with Crippen LogP contribution in [0, 0.1) is 18.7 Å². The van der Waals surface area contributed by atoms with E-state index >= 15 is 0 Å². The number of aryl methyl sites for hydroxylation is 1. The normalized spacial score (nSPS) is 27.7. The Balaban J connectivity index is 1.19. The van der Waals surface area contributed by atoms with Crippen LogP contribution in [0.5, 0.6) is 5.88 Å². The fourth-order valence-corrected chi connectivity index (χ4v) is 8.67. The van der Waals surface area contributed by atoms with Gasteiger partial charge in [0.1, 0.15) is 40.9 Å². The third-order valence-electron chi connectivity index (χ3n) is 9.85. The van der Waals surface area contributed by atoms with Crippen LogP contribution in [0.25, 0.3) is 11.0 Å². The minimum Gasteiger partial charge on any atom is -0.471 e. The Hall–Kier alpha value is -4.51. The molecule has 2 aliphatic heterocycles. The Labute approximate surface area is 297 Å². The molecule has 3 aromatic rings. The summed E-state index contributed by atoms with van der Waals surface area (Å²) in [4.78, 5) is 69.7. The van der Waals surface area contributed by atoms with E-state index in [1.54, 1.807) is 12.3 Å². The Morgan fingerprint density at radius 3 is 2.71 bits per heavy atom. The fourth-order valence-electron chi connectivity index (χ4n) is 6.77. The zero-order chi connectivity index (χ0) is 35.9. The van der Waals surface area contributed by atoms with Gasteiger partial charge in [-0.2, -0.15) is 0 Å². The van der Waals surface area contributed by atoms with Gasteiger partial charge in [0.15, 0.2) is 0 Å². The quantitative estimate of drug-likeness (QED) is 0.304. The van der Waals surface area contributed by atoms with E-state index in [-0.39, 0.29) is 36.5 Å². The standard InChI is InChI=1S/C34H38FN7O7S2/c1-19-31(39-26-13-21(35)9-12-24(26)37-19)49-22-14-28-30(44)40-34(33(46)41-51(47,48)23-10-11-23)15-20(34)7-5-3-2-4-6-8-25(32(45)42(28)16-22)38-29(43)27-17-50-18-36-27/h5,7,9,12-13,17-18,20,22-23,25,28H,2-4,6,8,10-11,14-16H2,1H3,(H,38,43)(H,40,44)(H,41,46)/b7-5-/t20?,22-,25+,28+,34-/m1/s1. The molecule has 2 saturated carbocycles. The van der Waals surface area contributed by atoms with Crippen molar-refractivity contribution < 1.29 is 36.7 Å². The number of nitrogens with one attached hydrogen (secondary N) is 3. The number of carbonyl (C=O) groups is 4. The molecule has 4 heterocycles. The van der Waals surface area contributed by atoms with Crippen molar-refractivity contribution in [2.24, 2.45) is 5.92 Å². The Morgan fingerprint density at radius 1 is 1.12 bits per heavy atom. The first-order chi connectivity index (χ1) is 24.4. The van der Waals surface area contributed by atoms with E-state index in [9.17, 15) is 32.0 Å². The molecule has 2 aliphatic carbocycles. The van der Waals surface area contributed by atoms with Gasteiger partial charge in [-0.1, -0.05) is 25.0 Å². The lowest BCUT2D eigenvalue weighted by Gasteiger charge is -2.29. The number of nitrogens with zero attached hydrogens (tertiary/aromatic N) is 4. The molecule has 1 unspecified atom stereocenters. The fraction of sp³-hybridized carbons (Fsp3) is 0.500. The summed E-state index contributed by atoms with van der Waals surface area (Å²) in [7, 11) is -3.90. The monoisotopic (exact) mass is 739 g/mol. The molecule has 7 rings (SSSR count). The molecule has 4 aliphatic rings. The summed E-state index contributed by atoms with van der Waals surface area (Å²) in [6, 6.07) is 1.88. The van der Waals surface area contributed by atoms with Crippen molar-refractivity contribution in [1.82, 2.24) is 35.2 Å². The number of fused-ring (bicyclic) bond motifs is 3. The number of hydrogen-bond donors (Lipinski definition) is 3. The number of aromatic nitrogens is 3. The maximum absolute atomic E-state index is 14.4. The molecule has 17 heteroatoms. The lowest BCUT2D eigenvalue weighted by atomic mass is 10.0. The second kappa shape index (κ2) is 13.9. The number of halogens is 1. The average molecular weight is 740 g/mol. The van der Waals surface area contributed by atoms with Gasteiger partial charge >= 0.3 is 0 Å². The average Bonchev–Trinajstić information content (AvgIpc) is 3.95. The van der Waals surface area contributed by atoms with E-state index in [1.165, 1.54) is 39.9 Å². The van der Waals surface area contributed by atoms with E-state index in [1.807, 2.05) is 12.2 Å². The van der Waals surface area contributed by atoms with E-state index in [0.717, 1.165) is 12.8 Å². The van der Waals surface area contributed by atoms with Gasteiger partial charge in [0.25, 0.3) is 11.8 Å². The van der Waals surface area contributed by atoms with Crippen molar-refractivity contribution in [2.75, 3.05) is 6.54 Å². The van der Waals surface area contributed by atoms with Crippen LogP contribution in [0.2, 0.25) is 0 Å². The van der Waals surface area contributed by atoms with Crippen LogP contribution in [0.15, 0.2) is 41.2 Å². The van der Waals surface area contributed by atoms with Crippen LogP contribution in [-0.2, 0) is 24.4 Å². The Morgan fingerprint density at radius 2 is 1.94 bits per heavy atom. The second-order valence-electron chi connectivity index (χ2n) is 13.6. The molecule has 0 bridgehead atoms. The summed E-state index contributed by atoms with van der Waals surface area (Å²) >= 11 is 1.24. The van der Waals surface area contributed by atoms with Crippen molar-refractivity contribution in [3.8, 4) is 5.88 Å². The number of amides is 4. The zero-order valence-electron chi connectivity index (χ0n) is 27.8. The molecule has 270 valence electrons. The molecule has 1 saturated heterocycles. The third kappa shape index (κ3) is 7.45. The van der Waals surface area contributed by atoms with Crippen LogP contribution in [-0.4, -0.2) is 87.4 Å². The highest BCUT2D eigenvalue weighted by atomic mass is 32.2. The van der Waals surface area contributed by atoms with Gasteiger partial charge < -0.3 is 20.3 Å². The number of hydrogen-bond acceptors (Lipinski definition) is 11. The first kappa shape index (κ1) is 34.9.